The number of rotatable bonds is 3. The zero-order valence-corrected chi connectivity index (χ0v) is 7.77. The highest BCUT2D eigenvalue weighted by molar-refractivity contribution is 5.40. The molecule has 2 N–H and O–H groups in total. The molecule has 0 saturated carbocycles. The van der Waals surface area contributed by atoms with Crippen LogP contribution < -0.4 is 5.73 Å². The molecule has 0 spiro atoms. The normalized spacial score (nSPS) is 14.4. The van der Waals surface area contributed by atoms with Crippen molar-refractivity contribution < 1.29 is 4.42 Å². The molecule has 1 aromatic heterocycles. The lowest BCUT2D eigenvalue weighted by molar-refractivity contribution is 0.456. The van der Waals surface area contributed by atoms with E-state index in [4.69, 9.17) is 10.2 Å². The number of hydrogen-bond acceptors (Lipinski definition) is 4. The van der Waals surface area contributed by atoms with Gasteiger partial charge in [0.1, 0.15) is 0 Å². The van der Waals surface area contributed by atoms with Crippen LogP contribution in [0.1, 0.15) is 31.7 Å². The molecule has 4 heteroatoms. The lowest BCUT2D eigenvalue weighted by Gasteiger charge is -1.93. The standard InChI is InChI=1S/C9H13N3O/c1-3-4-5-6-8-11-12-9(13-8)7(2)10/h3-7H,10H2,1-2H3/b4-3+,6-5+/t7-/m0/s1. The highest BCUT2D eigenvalue weighted by atomic mass is 16.4. The fourth-order valence-corrected chi connectivity index (χ4v) is 0.747. The van der Waals surface area contributed by atoms with E-state index in [1.807, 2.05) is 25.2 Å². The van der Waals surface area contributed by atoms with Crippen LogP contribution in [0.25, 0.3) is 6.08 Å². The molecule has 0 aliphatic carbocycles. The van der Waals surface area contributed by atoms with E-state index in [0.29, 0.717) is 11.8 Å². The van der Waals surface area contributed by atoms with Crippen molar-refractivity contribution in [1.82, 2.24) is 10.2 Å². The zero-order chi connectivity index (χ0) is 9.68. The van der Waals surface area contributed by atoms with Gasteiger partial charge in [0.15, 0.2) is 0 Å². The molecule has 0 saturated heterocycles. The maximum atomic E-state index is 5.55. The van der Waals surface area contributed by atoms with Gasteiger partial charge < -0.3 is 10.2 Å². The third kappa shape index (κ3) is 2.83. The molecule has 70 valence electrons. The van der Waals surface area contributed by atoms with Gasteiger partial charge >= 0.3 is 0 Å². The Morgan fingerprint density at radius 2 is 2.15 bits per heavy atom. The fourth-order valence-electron chi connectivity index (χ4n) is 0.747. The molecule has 0 aliphatic rings. The minimum absolute atomic E-state index is 0.212. The predicted octanol–water partition coefficient (Wildman–Crippen LogP) is 1.68. The van der Waals surface area contributed by atoms with Gasteiger partial charge in [-0.1, -0.05) is 18.2 Å². The van der Waals surface area contributed by atoms with Crippen molar-refractivity contribution in [3.63, 3.8) is 0 Å². The van der Waals surface area contributed by atoms with Crippen LogP contribution in [0.2, 0.25) is 0 Å². The molecule has 1 heterocycles. The van der Waals surface area contributed by atoms with Crippen molar-refractivity contribution in [2.24, 2.45) is 5.73 Å². The van der Waals surface area contributed by atoms with E-state index in [0.717, 1.165) is 0 Å². The van der Waals surface area contributed by atoms with Crippen LogP contribution in [-0.2, 0) is 0 Å². The largest absolute Gasteiger partial charge is 0.420 e. The first-order valence-corrected chi connectivity index (χ1v) is 4.12. The van der Waals surface area contributed by atoms with Gasteiger partial charge in [-0.2, -0.15) is 0 Å². The van der Waals surface area contributed by atoms with Gasteiger partial charge in [-0.25, -0.2) is 0 Å². The summed E-state index contributed by atoms with van der Waals surface area (Å²) in [5.41, 5.74) is 5.55. The monoisotopic (exact) mass is 179 g/mol. The summed E-state index contributed by atoms with van der Waals surface area (Å²) in [6, 6.07) is -0.212. The Labute approximate surface area is 77.1 Å². The van der Waals surface area contributed by atoms with Gasteiger partial charge in [0, 0.05) is 6.08 Å². The van der Waals surface area contributed by atoms with Gasteiger partial charge in [0.25, 0.3) is 0 Å². The van der Waals surface area contributed by atoms with Crippen LogP contribution in [0.5, 0.6) is 0 Å². The summed E-state index contributed by atoms with van der Waals surface area (Å²) in [5, 5.41) is 7.57. The average Bonchev–Trinajstić information content (AvgIpc) is 2.53. The average molecular weight is 179 g/mol. The van der Waals surface area contributed by atoms with Crippen LogP contribution in [0.15, 0.2) is 22.6 Å². The zero-order valence-electron chi connectivity index (χ0n) is 7.77. The third-order valence-corrected chi connectivity index (χ3v) is 1.39. The van der Waals surface area contributed by atoms with Gasteiger partial charge in [0.2, 0.25) is 11.8 Å². The molecule has 1 aromatic rings. The molecule has 0 unspecified atom stereocenters. The molecule has 1 rings (SSSR count). The molecule has 0 fully saturated rings. The second-order valence-corrected chi connectivity index (χ2v) is 2.65. The molecule has 0 aliphatic heterocycles. The fraction of sp³-hybridized carbons (Fsp3) is 0.333. The van der Waals surface area contributed by atoms with Crippen molar-refractivity contribution in [3.8, 4) is 0 Å². The molecule has 1 atom stereocenters. The minimum Gasteiger partial charge on any atom is -0.420 e. The van der Waals surface area contributed by atoms with Gasteiger partial charge in [-0.15, -0.1) is 10.2 Å². The molecular weight excluding hydrogens is 166 g/mol. The summed E-state index contributed by atoms with van der Waals surface area (Å²) in [4.78, 5) is 0. The highest BCUT2D eigenvalue weighted by Gasteiger charge is 2.06. The Kier molecular flexibility index (Phi) is 3.40. The Morgan fingerprint density at radius 1 is 1.38 bits per heavy atom. The maximum Gasteiger partial charge on any atom is 0.240 e. The Balaban J connectivity index is 2.69. The summed E-state index contributed by atoms with van der Waals surface area (Å²) in [7, 11) is 0. The third-order valence-electron chi connectivity index (χ3n) is 1.39. The smallest absolute Gasteiger partial charge is 0.240 e. The predicted molar refractivity (Wildman–Crippen MR) is 50.7 cm³/mol. The summed E-state index contributed by atoms with van der Waals surface area (Å²) in [6.07, 6.45) is 7.37. The second kappa shape index (κ2) is 4.57. The quantitative estimate of drug-likeness (QED) is 0.717. The number of aromatic nitrogens is 2. The van der Waals surface area contributed by atoms with E-state index in [1.54, 1.807) is 13.0 Å². The Morgan fingerprint density at radius 3 is 2.69 bits per heavy atom. The molecule has 4 nitrogen and oxygen atoms in total. The van der Waals surface area contributed by atoms with E-state index >= 15 is 0 Å². The summed E-state index contributed by atoms with van der Waals surface area (Å²) < 4.78 is 5.22. The van der Waals surface area contributed by atoms with Crippen LogP contribution in [0.4, 0.5) is 0 Å². The number of hydrogen-bond donors (Lipinski definition) is 1. The van der Waals surface area contributed by atoms with Crippen molar-refractivity contribution in [1.29, 1.82) is 0 Å². The lowest BCUT2D eigenvalue weighted by Crippen LogP contribution is -2.04. The van der Waals surface area contributed by atoms with Crippen LogP contribution in [0.3, 0.4) is 0 Å². The summed E-state index contributed by atoms with van der Waals surface area (Å²) in [5.74, 6) is 0.936. The lowest BCUT2D eigenvalue weighted by atomic mass is 10.4. The molecule has 0 amide bonds. The minimum atomic E-state index is -0.212. The van der Waals surface area contributed by atoms with Crippen LogP contribution >= 0.6 is 0 Å². The number of allylic oxidation sites excluding steroid dienone is 3. The van der Waals surface area contributed by atoms with E-state index in [1.165, 1.54) is 0 Å². The van der Waals surface area contributed by atoms with E-state index in [-0.39, 0.29) is 6.04 Å². The molecule has 0 bridgehead atoms. The molecular formula is C9H13N3O. The number of nitrogens with two attached hydrogens (primary N) is 1. The topological polar surface area (TPSA) is 64.9 Å². The van der Waals surface area contributed by atoms with Gasteiger partial charge in [0.05, 0.1) is 6.04 Å². The van der Waals surface area contributed by atoms with Gasteiger partial charge in [-0.05, 0) is 13.8 Å². The van der Waals surface area contributed by atoms with Crippen LogP contribution in [-0.4, -0.2) is 10.2 Å². The van der Waals surface area contributed by atoms with Gasteiger partial charge in [-0.3, -0.25) is 0 Å². The molecule has 13 heavy (non-hydrogen) atoms. The SMILES string of the molecule is C/C=C/C=C/c1nnc([C@H](C)N)o1. The first-order valence-electron chi connectivity index (χ1n) is 4.12. The maximum absolute atomic E-state index is 5.55. The second-order valence-electron chi connectivity index (χ2n) is 2.65. The van der Waals surface area contributed by atoms with E-state index < -0.39 is 0 Å². The Bertz CT molecular complexity index is 312. The summed E-state index contributed by atoms with van der Waals surface area (Å²) >= 11 is 0. The van der Waals surface area contributed by atoms with E-state index in [2.05, 4.69) is 10.2 Å². The highest BCUT2D eigenvalue weighted by Crippen LogP contribution is 2.08. The summed E-state index contributed by atoms with van der Waals surface area (Å²) in [6.45, 7) is 3.73. The van der Waals surface area contributed by atoms with Crippen LogP contribution in [0, 0.1) is 0 Å². The van der Waals surface area contributed by atoms with Crippen molar-refractivity contribution in [2.75, 3.05) is 0 Å². The first kappa shape index (κ1) is 9.67. The van der Waals surface area contributed by atoms with E-state index in [9.17, 15) is 0 Å². The van der Waals surface area contributed by atoms with Crippen molar-refractivity contribution >= 4 is 6.08 Å². The Hall–Kier alpha value is -1.42. The first-order chi connectivity index (χ1) is 6.24. The van der Waals surface area contributed by atoms with Crippen molar-refractivity contribution in [2.45, 2.75) is 19.9 Å². The number of nitrogens with zero attached hydrogens (tertiary/aromatic N) is 2. The van der Waals surface area contributed by atoms with Crippen molar-refractivity contribution in [3.05, 3.63) is 30.0 Å². The molecule has 0 radical (unpaired) electrons. The molecule has 0 aromatic carbocycles.